The number of amides is 1. The summed E-state index contributed by atoms with van der Waals surface area (Å²) in [6.45, 7) is 4.43. The van der Waals surface area contributed by atoms with E-state index in [2.05, 4.69) is 81.8 Å². The molecule has 2 heterocycles. The van der Waals surface area contributed by atoms with E-state index in [-0.39, 0.29) is 17.9 Å². The van der Waals surface area contributed by atoms with Crippen LogP contribution in [0.3, 0.4) is 0 Å². The Morgan fingerprint density at radius 3 is 2.50 bits per heavy atom. The van der Waals surface area contributed by atoms with Gasteiger partial charge < -0.3 is 15.0 Å². The summed E-state index contributed by atoms with van der Waals surface area (Å²) in [6, 6.07) is 27.5. The summed E-state index contributed by atoms with van der Waals surface area (Å²) in [6.07, 6.45) is 1.61. The van der Waals surface area contributed by atoms with Crippen LogP contribution in [0.1, 0.15) is 16.7 Å². The molecule has 0 aliphatic carbocycles. The van der Waals surface area contributed by atoms with Gasteiger partial charge in [-0.15, -0.1) is 0 Å². The number of nitrogens with one attached hydrogen (secondary N) is 1. The zero-order valence-corrected chi connectivity index (χ0v) is 19.8. The van der Waals surface area contributed by atoms with Gasteiger partial charge in [-0.3, -0.25) is 9.69 Å². The highest BCUT2D eigenvalue weighted by molar-refractivity contribution is 5.82. The zero-order chi connectivity index (χ0) is 23.3. The molecule has 5 nitrogen and oxygen atoms in total. The lowest BCUT2D eigenvalue weighted by Gasteiger charge is -2.49. The van der Waals surface area contributed by atoms with Gasteiger partial charge in [-0.2, -0.15) is 0 Å². The van der Waals surface area contributed by atoms with Crippen molar-refractivity contribution in [3.8, 4) is 5.75 Å². The van der Waals surface area contributed by atoms with Crippen LogP contribution < -0.4 is 15.0 Å². The molecular formula is C29H33N3O2. The number of ether oxygens (including phenoxy) is 1. The molecule has 34 heavy (non-hydrogen) atoms. The smallest absolute Gasteiger partial charge is 0.225 e. The van der Waals surface area contributed by atoms with E-state index >= 15 is 0 Å². The number of para-hydroxylation sites is 1. The van der Waals surface area contributed by atoms with E-state index in [0.29, 0.717) is 6.54 Å². The van der Waals surface area contributed by atoms with Crippen LogP contribution in [0.15, 0.2) is 78.9 Å². The molecule has 2 aliphatic rings. The van der Waals surface area contributed by atoms with Crippen LogP contribution in [0.5, 0.6) is 5.75 Å². The van der Waals surface area contributed by atoms with Crippen LogP contribution in [-0.4, -0.2) is 50.1 Å². The lowest BCUT2D eigenvalue weighted by Crippen LogP contribution is -2.61. The summed E-state index contributed by atoms with van der Waals surface area (Å²) < 4.78 is 5.24. The number of benzene rings is 3. The van der Waals surface area contributed by atoms with Gasteiger partial charge >= 0.3 is 0 Å². The number of piperazine rings is 1. The van der Waals surface area contributed by atoms with Crippen molar-refractivity contribution < 1.29 is 9.53 Å². The Kier molecular flexibility index (Phi) is 6.82. The minimum Gasteiger partial charge on any atom is -0.497 e. The summed E-state index contributed by atoms with van der Waals surface area (Å²) in [5, 5.41) is 3.24. The van der Waals surface area contributed by atoms with E-state index in [1.165, 1.54) is 22.4 Å². The Bertz CT molecular complexity index is 1100. The molecule has 1 saturated heterocycles. The summed E-state index contributed by atoms with van der Waals surface area (Å²) >= 11 is 0. The number of methoxy groups -OCH3 is 1. The number of nitrogens with zero attached hydrogens (tertiary/aromatic N) is 2. The molecule has 0 radical (unpaired) electrons. The van der Waals surface area contributed by atoms with Gasteiger partial charge in [-0.25, -0.2) is 0 Å². The van der Waals surface area contributed by atoms with Crippen molar-refractivity contribution in [2.75, 3.05) is 38.2 Å². The molecule has 1 amide bonds. The highest BCUT2D eigenvalue weighted by atomic mass is 16.5. The van der Waals surface area contributed by atoms with Crippen LogP contribution in [0, 0.1) is 5.92 Å². The molecule has 3 aromatic carbocycles. The van der Waals surface area contributed by atoms with Crippen molar-refractivity contribution in [1.29, 1.82) is 0 Å². The number of rotatable bonds is 7. The number of carbonyl (C=O) groups is 1. The van der Waals surface area contributed by atoms with E-state index in [9.17, 15) is 4.79 Å². The first kappa shape index (κ1) is 22.5. The number of fused-ring (bicyclic) bond motifs is 3. The van der Waals surface area contributed by atoms with Crippen molar-refractivity contribution in [2.24, 2.45) is 5.92 Å². The predicted octanol–water partition coefficient (Wildman–Crippen LogP) is 3.92. The molecule has 5 rings (SSSR count). The molecule has 2 aliphatic heterocycles. The topological polar surface area (TPSA) is 44.8 Å². The molecule has 0 unspecified atom stereocenters. The van der Waals surface area contributed by atoms with Gasteiger partial charge in [0.15, 0.2) is 0 Å². The monoisotopic (exact) mass is 455 g/mol. The molecule has 0 bridgehead atoms. The average molecular weight is 456 g/mol. The maximum absolute atomic E-state index is 13.4. The van der Waals surface area contributed by atoms with Crippen molar-refractivity contribution in [1.82, 2.24) is 10.2 Å². The molecule has 1 fully saturated rings. The second-order valence-corrected chi connectivity index (χ2v) is 9.31. The molecule has 3 aromatic rings. The number of carbonyl (C=O) groups excluding carboxylic acids is 1. The van der Waals surface area contributed by atoms with Crippen LogP contribution in [0.4, 0.5) is 5.69 Å². The van der Waals surface area contributed by atoms with Gasteiger partial charge in [0.1, 0.15) is 5.75 Å². The summed E-state index contributed by atoms with van der Waals surface area (Å²) in [5.74, 6) is 0.968. The van der Waals surface area contributed by atoms with Crippen LogP contribution in [0.25, 0.3) is 0 Å². The van der Waals surface area contributed by atoms with Gasteiger partial charge in [-0.05, 0) is 47.7 Å². The molecule has 0 spiro atoms. The third-order valence-corrected chi connectivity index (χ3v) is 7.17. The molecule has 0 aromatic heterocycles. The van der Waals surface area contributed by atoms with Crippen LogP contribution in [0.2, 0.25) is 0 Å². The van der Waals surface area contributed by atoms with Gasteiger partial charge in [0.05, 0.1) is 19.1 Å². The second kappa shape index (κ2) is 10.3. The van der Waals surface area contributed by atoms with E-state index in [4.69, 9.17) is 4.74 Å². The maximum Gasteiger partial charge on any atom is 0.225 e. The van der Waals surface area contributed by atoms with Gasteiger partial charge in [-0.1, -0.05) is 60.7 Å². The third kappa shape index (κ3) is 4.95. The Morgan fingerprint density at radius 1 is 0.941 bits per heavy atom. The van der Waals surface area contributed by atoms with E-state index < -0.39 is 0 Å². The molecule has 5 heteroatoms. The fourth-order valence-corrected chi connectivity index (χ4v) is 5.36. The Balaban J connectivity index is 1.27. The number of hydrogen-bond acceptors (Lipinski definition) is 4. The first-order valence-corrected chi connectivity index (χ1v) is 12.2. The molecule has 0 saturated carbocycles. The Hall–Kier alpha value is -3.31. The fourth-order valence-electron chi connectivity index (χ4n) is 5.36. The number of hydrogen-bond donors (Lipinski definition) is 1. The quantitative estimate of drug-likeness (QED) is 0.587. The first-order valence-electron chi connectivity index (χ1n) is 12.2. The van der Waals surface area contributed by atoms with Crippen LogP contribution >= 0.6 is 0 Å². The molecule has 176 valence electrons. The van der Waals surface area contributed by atoms with Gasteiger partial charge in [0.25, 0.3) is 0 Å². The van der Waals surface area contributed by atoms with Crippen molar-refractivity contribution in [3.05, 3.63) is 95.6 Å². The summed E-state index contributed by atoms with van der Waals surface area (Å²) in [4.78, 5) is 18.4. The Morgan fingerprint density at radius 2 is 1.71 bits per heavy atom. The van der Waals surface area contributed by atoms with Gasteiger partial charge in [0, 0.05) is 38.4 Å². The number of anilines is 1. The van der Waals surface area contributed by atoms with E-state index in [0.717, 1.165) is 44.8 Å². The van der Waals surface area contributed by atoms with Crippen molar-refractivity contribution in [2.45, 2.75) is 25.4 Å². The van der Waals surface area contributed by atoms with Crippen molar-refractivity contribution in [3.63, 3.8) is 0 Å². The summed E-state index contributed by atoms with van der Waals surface area (Å²) in [5.41, 5.74) is 5.11. The van der Waals surface area contributed by atoms with E-state index in [1.54, 1.807) is 7.11 Å². The predicted molar refractivity (Wildman–Crippen MR) is 136 cm³/mol. The zero-order valence-electron chi connectivity index (χ0n) is 19.8. The fraction of sp³-hybridized carbons (Fsp3) is 0.345. The second-order valence-electron chi connectivity index (χ2n) is 9.31. The molecule has 1 N–H and O–H groups in total. The normalized spacial score (nSPS) is 19.7. The minimum absolute atomic E-state index is 0.0515. The Labute approximate surface area is 202 Å². The highest BCUT2D eigenvalue weighted by Gasteiger charge is 2.41. The lowest BCUT2D eigenvalue weighted by atomic mass is 9.83. The summed E-state index contributed by atoms with van der Waals surface area (Å²) in [7, 11) is 1.67. The van der Waals surface area contributed by atoms with Gasteiger partial charge in [0.2, 0.25) is 5.91 Å². The lowest BCUT2D eigenvalue weighted by molar-refractivity contribution is -0.126. The van der Waals surface area contributed by atoms with Crippen molar-refractivity contribution >= 4 is 11.6 Å². The highest BCUT2D eigenvalue weighted by Crippen LogP contribution is 2.36. The largest absolute Gasteiger partial charge is 0.497 e. The molecular weight excluding hydrogens is 422 g/mol. The first-order chi connectivity index (χ1) is 16.7. The third-order valence-electron chi connectivity index (χ3n) is 7.17. The molecule has 2 atom stereocenters. The SMILES string of the molecule is COc1ccc(CCNC(=O)[C@H]2Cc3ccccc3N3CCN(Cc4ccccc4)C[C@@H]23)cc1. The maximum atomic E-state index is 13.4. The van der Waals surface area contributed by atoms with E-state index in [1.807, 2.05) is 12.1 Å². The minimum atomic E-state index is -0.0515. The average Bonchev–Trinajstić information content (AvgIpc) is 2.89. The van der Waals surface area contributed by atoms with Crippen LogP contribution in [-0.2, 0) is 24.2 Å². The standard InChI is InChI=1S/C29H33N3O2/c1-34-25-13-11-22(12-14-25)15-16-30-29(33)26-19-24-9-5-6-10-27(24)32-18-17-31(21-28(26)32)20-23-7-3-2-4-8-23/h2-14,26,28H,15-21H2,1H3,(H,30,33)/t26-,28-/m0/s1.